The van der Waals surface area contributed by atoms with Gasteiger partial charge in [-0.2, -0.15) is 5.10 Å². The summed E-state index contributed by atoms with van der Waals surface area (Å²) in [7, 11) is 0. The molecule has 3 N–H and O–H groups in total. The monoisotopic (exact) mass is 210 g/mol. The van der Waals surface area contributed by atoms with E-state index in [1.807, 2.05) is 0 Å². The minimum atomic E-state index is -0.0946. The van der Waals surface area contributed by atoms with E-state index in [-0.39, 0.29) is 11.5 Å². The van der Waals surface area contributed by atoms with Crippen molar-refractivity contribution in [3.05, 3.63) is 11.6 Å². The van der Waals surface area contributed by atoms with Crippen LogP contribution in [-0.2, 0) is 0 Å². The summed E-state index contributed by atoms with van der Waals surface area (Å²) in [6.07, 6.45) is 1.04. The maximum absolute atomic E-state index is 6.09. The van der Waals surface area contributed by atoms with E-state index in [4.69, 9.17) is 5.73 Å². The maximum Gasteiger partial charge on any atom is 0.153 e. The average Bonchev–Trinajstić information content (AvgIpc) is 2.62. The third kappa shape index (κ3) is 2.78. The number of nitrogens with one attached hydrogen (secondary N) is 1. The van der Waals surface area contributed by atoms with Crippen molar-refractivity contribution in [3.63, 3.8) is 0 Å². The molecule has 2 unspecified atom stereocenters. The molecule has 86 valence electrons. The van der Waals surface area contributed by atoms with Gasteiger partial charge in [-0.05, 0) is 11.8 Å². The molecule has 0 aromatic carbocycles. The van der Waals surface area contributed by atoms with Gasteiger partial charge in [0.1, 0.15) is 5.82 Å². The van der Waals surface area contributed by atoms with Gasteiger partial charge >= 0.3 is 0 Å². The summed E-state index contributed by atoms with van der Waals surface area (Å²) in [4.78, 5) is 4.46. The van der Waals surface area contributed by atoms with Crippen LogP contribution in [0.1, 0.15) is 64.6 Å². The van der Waals surface area contributed by atoms with E-state index >= 15 is 0 Å². The van der Waals surface area contributed by atoms with Gasteiger partial charge in [0.15, 0.2) is 5.82 Å². The molecule has 4 heteroatoms. The molecule has 1 heterocycles. The number of aromatic amines is 1. The minimum absolute atomic E-state index is 0.00621. The lowest BCUT2D eigenvalue weighted by molar-refractivity contribution is 0.315. The Kier molecular flexibility index (Phi) is 3.50. The molecule has 4 nitrogen and oxygen atoms in total. The molecular formula is C11H22N4. The van der Waals surface area contributed by atoms with Crippen LogP contribution in [0.15, 0.2) is 0 Å². The summed E-state index contributed by atoms with van der Waals surface area (Å²) in [5.74, 6) is 2.05. The van der Waals surface area contributed by atoms with Crippen LogP contribution in [0, 0.1) is 5.41 Å². The maximum atomic E-state index is 6.09. The Labute approximate surface area is 91.7 Å². The number of aromatic nitrogens is 3. The predicted octanol–water partition coefficient (Wildman–Crippen LogP) is 2.36. The summed E-state index contributed by atoms with van der Waals surface area (Å²) in [5.41, 5.74) is 6.10. The fourth-order valence-corrected chi connectivity index (χ4v) is 1.24. The van der Waals surface area contributed by atoms with Gasteiger partial charge in [-0.15, -0.1) is 0 Å². The standard InChI is InChI=1S/C11H22N4/c1-6-7(2)9-13-10(15-14-9)8(12)11(3,4)5/h7-8H,6,12H2,1-5H3,(H,13,14,15). The number of hydrogen-bond donors (Lipinski definition) is 2. The molecule has 2 atom stereocenters. The Bertz CT molecular complexity index is 311. The summed E-state index contributed by atoms with van der Waals surface area (Å²) in [6, 6.07) is -0.0946. The van der Waals surface area contributed by atoms with Crippen molar-refractivity contribution in [2.45, 2.75) is 53.0 Å². The first kappa shape index (κ1) is 12.2. The Hall–Kier alpha value is -0.900. The zero-order chi connectivity index (χ0) is 11.6. The minimum Gasteiger partial charge on any atom is -0.321 e. The van der Waals surface area contributed by atoms with Crippen LogP contribution >= 0.6 is 0 Å². The van der Waals surface area contributed by atoms with Crippen molar-refractivity contribution in [1.29, 1.82) is 0 Å². The molecule has 0 spiro atoms. The molecule has 15 heavy (non-hydrogen) atoms. The van der Waals surface area contributed by atoms with Crippen molar-refractivity contribution in [2.24, 2.45) is 11.1 Å². The van der Waals surface area contributed by atoms with Gasteiger partial charge in [0.05, 0.1) is 6.04 Å². The molecule has 0 saturated carbocycles. The molecule has 0 fully saturated rings. The van der Waals surface area contributed by atoms with Crippen molar-refractivity contribution >= 4 is 0 Å². The highest BCUT2D eigenvalue weighted by molar-refractivity contribution is 5.02. The number of H-pyrrole nitrogens is 1. The van der Waals surface area contributed by atoms with E-state index in [1.54, 1.807) is 0 Å². The highest BCUT2D eigenvalue weighted by Crippen LogP contribution is 2.28. The highest BCUT2D eigenvalue weighted by atomic mass is 15.2. The smallest absolute Gasteiger partial charge is 0.153 e. The SMILES string of the molecule is CCC(C)c1n[nH]c(C(N)C(C)(C)C)n1. The molecule has 1 aromatic rings. The van der Waals surface area contributed by atoms with Gasteiger partial charge in [-0.1, -0.05) is 34.6 Å². The van der Waals surface area contributed by atoms with Gasteiger partial charge < -0.3 is 5.73 Å². The molecule has 1 aromatic heterocycles. The van der Waals surface area contributed by atoms with Crippen LogP contribution in [0.4, 0.5) is 0 Å². The van der Waals surface area contributed by atoms with E-state index in [0.29, 0.717) is 5.92 Å². The summed E-state index contributed by atoms with van der Waals surface area (Å²) in [6.45, 7) is 10.6. The molecule has 0 aliphatic rings. The first-order valence-corrected chi connectivity index (χ1v) is 5.54. The largest absolute Gasteiger partial charge is 0.321 e. The third-order valence-corrected chi connectivity index (χ3v) is 2.80. The molecule has 0 amide bonds. The lowest BCUT2D eigenvalue weighted by atomic mass is 9.87. The molecule has 0 bridgehead atoms. The molecule has 0 aliphatic carbocycles. The van der Waals surface area contributed by atoms with Crippen LogP contribution in [0.2, 0.25) is 0 Å². The van der Waals surface area contributed by atoms with Crippen LogP contribution in [0.5, 0.6) is 0 Å². The molecule has 0 radical (unpaired) electrons. The number of nitrogens with two attached hydrogens (primary N) is 1. The van der Waals surface area contributed by atoms with E-state index in [0.717, 1.165) is 18.1 Å². The van der Waals surface area contributed by atoms with Crippen LogP contribution in [0.3, 0.4) is 0 Å². The van der Waals surface area contributed by atoms with Crippen LogP contribution in [0.25, 0.3) is 0 Å². The first-order valence-electron chi connectivity index (χ1n) is 5.54. The second-order valence-electron chi connectivity index (χ2n) is 5.23. The lowest BCUT2D eigenvalue weighted by Crippen LogP contribution is -2.27. The fraction of sp³-hybridized carbons (Fsp3) is 0.818. The van der Waals surface area contributed by atoms with E-state index < -0.39 is 0 Å². The molecule has 0 saturated heterocycles. The number of hydrogen-bond acceptors (Lipinski definition) is 3. The van der Waals surface area contributed by atoms with Crippen molar-refractivity contribution in [1.82, 2.24) is 15.2 Å². The second-order valence-corrected chi connectivity index (χ2v) is 5.23. The Balaban J connectivity index is 2.85. The summed E-state index contributed by atoms with van der Waals surface area (Å²) >= 11 is 0. The van der Waals surface area contributed by atoms with E-state index in [2.05, 4.69) is 49.8 Å². The number of rotatable bonds is 3. The van der Waals surface area contributed by atoms with E-state index in [1.165, 1.54) is 0 Å². The Morgan fingerprint density at radius 1 is 1.40 bits per heavy atom. The average molecular weight is 210 g/mol. The quantitative estimate of drug-likeness (QED) is 0.804. The van der Waals surface area contributed by atoms with Crippen molar-refractivity contribution in [2.75, 3.05) is 0 Å². The predicted molar refractivity (Wildman–Crippen MR) is 61.5 cm³/mol. The number of nitrogens with zero attached hydrogens (tertiary/aromatic N) is 2. The van der Waals surface area contributed by atoms with Crippen LogP contribution in [-0.4, -0.2) is 15.2 Å². The molecule has 1 rings (SSSR count). The topological polar surface area (TPSA) is 67.6 Å². The van der Waals surface area contributed by atoms with Crippen molar-refractivity contribution < 1.29 is 0 Å². The molecule has 0 aliphatic heterocycles. The van der Waals surface area contributed by atoms with Gasteiger partial charge in [-0.25, -0.2) is 4.98 Å². The van der Waals surface area contributed by atoms with Gasteiger partial charge in [0, 0.05) is 5.92 Å². The zero-order valence-electron chi connectivity index (χ0n) is 10.3. The summed E-state index contributed by atoms with van der Waals surface area (Å²) < 4.78 is 0. The van der Waals surface area contributed by atoms with E-state index in [9.17, 15) is 0 Å². The first-order chi connectivity index (χ1) is 6.86. The lowest BCUT2D eigenvalue weighted by Gasteiger charge is -2.24. The van der Waals surface area contributed by atoms with Gasteiger partial charge in [-0.3, -0.25) is 5.10 Å². The summed E-state index contributed by atoms with van der Waals surface area (Å²) in [5, 5.41) is 7.15. The van der Waals surface area contributed by atoms with Gasteiger partial charge in [0.25, 0.3) is 0 Å². The van der Waals surface area contributed by atoms with Gasteiger partial charge in [0.2, 0.25) is 0 Å². The van der Waals surface area contributed by atoms with Crippen LogP contribution < -0.4 is 5.73 Å². The third-order valence-electron chi connectivity index (χ3n) is 2.80. The normalized spacial score (nSPS) is 16.4. The fourth-order valence-electron chi connectivity index (χ4n) is 1.24. The van der Waals surface area contributed by atoms with Crippen molar-refractivity contribution in [3.8, 4) is 0 Å². The Morgan fingerprint density at radius 3 is 2.47 bits per heavy atom. The molecular weight excluding hydrogens is 188 g/mol. The highest BCUT2D eigenvalue weighted by Gasteiger charge is 2.25. The zero-order valence-corrected chi connectivity index (χ0v) is 10.3. The second kappa shape index (κ2) is 4.31. The Morgan fingerprint density at radius 2 is 2.00 bits per heavy atom.